The molecule has 9 heteroatoms. The Balaban J connectivity index is 1.40. The first-order valence-electron chi connectivity index (χ1n) is 10.7. The van der Waals surface area contributed by atoms with E-state index in [1.807, 2.05) is 35.0 Å². The molecule has 0 saturated carbocycles. The monoisotopic (exact) mass is 459 g/mol. The average Bonchev–Trinajstić information content (AvgIpc) is 3.57. The van der Waals surface area contributed by atoms with Gasteiger partial charge in [-0.2, -0.15) is 0 Å². The zero-order valence-electron chi connectivity index (χ0n) is 17.8. The van der Waals surface area contributed by atoms with Crippen LogP contribution in [0.25, 0.3) is 10.2 Å². The van der Waals surface area contributed by atoms with E-state index in [4.69, 9.17) is 0 Å². The van der Waals surface area contributed by atoms with Gasteiger partial charge in [0, 0.05) is 43.9 Å². The lowest BCUT2D eigenvalue weighted by Crippen LogP contribution is -2.32. The van der Waals surface area contributed by atoms with Crippen molar-refractivity contribution >= 4 is 50.1 Å². The second-order valence-electron chi connectivity index (χ2n) is 7.74. The van der Waals surface area contributed by atoms with Crippen LogP contribution in [0.2, 0.25) is 0 Å². The van der Waals surface area contributed by atoms with Crippen molar-refractivity contribution in [3.05, 3.63) is 72.8 Å². The zero-order chi connectivity index (χ0) is 22.8. The molecule has 2 aromatic heterocycles. The molecule has 0 bridgehead atoms. The van der Waals surface area contributed by atoms with Gasteiger partial charge in [-0.1, -0.05) is 23.5 Å². The van der Waals surface area contributed by atoms with E-state index >= 15 is 0 Å². The molecule has 0 unspecified atom stereocenters. The number of carbonyl (C=O) groups excluding carboxylic acids is 3. The predicted molar refractivity (Wildman–Crippen MR) is 126 cm³/mol. The van der Waals surface area contributed by atoms with Crippen LogP contribution in [-0.4, -0.2) is 38.8 Å². The van der Waals surface area contributed by atoms with E-state index in [-0.39, 0.29) is 30.6 Å². The lowest BCUT2D eigenvalue weighted by Gasteiger charge is -2.21. The third kappa shape index (κ3) is 4.27. The zero-order valence-corrected chi connectivity index (χ0v) is 18.6. The molecule has 1 fully saturated rings. The summed E-state index contributed by atoms with van der Waals surface area (Å²) in [6.07, 6.45) is 6.55. The summed E-state index contributed by atoms with van der Waals surface area (Å²) in [5, 5.41) is 0.640. The highest BCUT2D eigenvalue weighted by molar-refractivity contribution is 7.22. The molecular weight excluding hydrogens is 438 g/mol. The summed E-state index contributed by atoms with van der Waals surface area (Å²) in [5.41, 5.74) is 1.82. The lowest BCUT2D eigenvalue weighted by atomic mass is 10.1. The molecule has 0 N–H and O–H groups in total. The fourth-order valence-corrected chi connectivity index (χ4v) is 4.85. The molecule has 3 amide bonds. The molecule has 166 valence electrons. The van der Waals surface area contributed by atoms with Crippen molar-refractivity contribution in [2.24, 2.45) is 0 Å². The largest absolute Gasteiger partial charge is 0.337 e. The number of hydrogen-bond donors (Lipinski definition) is 0. The Bertz CT molecular complexity index is 1260. The molecule has 33 heavy (non-hydrogen) atoms. The van der Waals surface area contributed by atoms with Gasteiger partial charge in [0.1, 0.15) is 0 Å². The van der Waals surface area contributed by atoms with Crippen LogP contribution in [0.15, 0.2) is 67.3 Å². The molecule has 3 heterocycles. The fourth-order valence-electron chi connectivity index (χ4n) is 3.86. The summed E-state index contributed by atoms with van der Waals surface area (Å²) < 4.78 is 2.99. The molecule has 8 nitrogen and oxygen atoms in total. The van der Waals surface area contributed by atoms with Gasteiger partial charge in [0.2, 0.25) is 11.8 Å². The maximum atomic E-state index is 13.5. The highest BCUT2D eigenvalue weighted by Crippen LogP contribution is 2.30. The second kappa shape index (κ2) is 8.95. The van der Waals surface area contributed by atoms with Gasteiger partial charge in [-0.15, -0.1) is 0 Å². The highest BCUT2D eigenvalue weighted by atomic mass is 32.1. The van der Waals surface area contributed by atoms with E-state index < -0.39 is 0 Å². The Hall–Kier alpha value is -3.85. The van der Waals surface area contributed by atoms with Gasteiger partial charge in [-0.25, -0.2) is 9.97 Å². The first-order valence-corrected chi connectivity index (χ1v) is 11.5. The van der Waals surface area contributed by atoms with Crippen molar-refractivity contribution < 1.29 is 14.4 Å². The topological polar surface area (TPSA) is 88.4 Å². The second-order valence-corrected chi connectivity index (χ2v) is 8.75. The first kappa shape index (κ1) is 21.0. The minimum atomic E-state index is -0.213. The summed E-state index contributed by atoms with van der Waals surface area (Å²) in [6, 6.07) is 14.4. The maximum Gasteiger partial charge on any atom is 0.260 e. The maximum absolute atomic E-state index is 13.5. The number of carbonyl (C=O) groups is 3. The molecule has 0 radical (unpaired) electrons. The van der Waals surface area contributed by atoms with Gasteiger partial charge in [0.05, 0.1) is 22.2 Å². The van der Waals surface area contributed by atoms with E-state index in [1.54, 1.807) is 41.7 Å². The Morgan fingerprint density at radius 3 is 2.48 bits per heavy atom. The Morgan fingerprint density at radius 2 is 1.79 bits per heavy atom. The Morgan fingerprint density at radius 1 is 1.03 bits per heavy atom. The number of amides is 3. The quantitative estimate of drug-likeness (QED) is 0.391. The molecular formula is C24H21N5O3S. The summed E-state index contributed by atoms with van der Waals surface area (Å²) in [5.74, 6) is -0.602. The van der Waals surface area contributed by atoms with Crippen molar-refractivity contribution in [2.45, 2.75) is 25.8 Å². The summed E-state index contributed by atoms with van der Waals surface area (Å²) in [7, 11) is 0. The third-order valence-electron chi connectivity index (χ3n) is 5.54. The molecule has 1 aliphatic heterocycles. The van der Waals surface area contributed by atoms with Crippen LogP contribution in [0.4, 0.5) is 10.8 Å². The van der Waals surface area contributed by atoms with Gasteiger partial charge >= 0.3 is 0 Å². The van der Waals surface area contributed by atoms with E-state index in [0.29, 0.717) is 22.9 Å². The number of imide groups is 1. The van der Waals surface area contributed by atoms with Crippen LogP contribution in [0.3, 0.4) is 0 Å². The number of para-hydroxylation sites is 1. The summed E-state index contributed by atoms with van der Waals surface area (Å²) in [6.45, 7) is 1.22. The standard InChI is InChI=1S/C24H21N5O3S/c30-21-10-11-22(31)29(21)18-8-6-17(7-9-18)23(32)28(14-3-13-27-15-12-25-16-27)24-26-19-4-1-2-5-20(19)33-24/h1-2,4-9,12,15-16H,3,10-11,13-14H2. The van der Waals surface area contributed by atoms with Crippen LogP contribution >= 0.6 is 11.3 Å². The SMILES string of the molecule is O=C(c1ccc(N2C(=O)CCC2=O)cc1)N(CCCn1ccnc1)c1nc2ccccc2s1. The van der Waals surface area contributed by atoms with Crippen molar-refractivity contribution in [3.8, 4) is 0 Å². The number of hydrogen-bond acceptors (Lipinski definition) is 6. The minimum absolute atomic E-state index is 0.176. The third-order valence-corrected chi connectivity index (χ3v) is 6.60. The van der Waals surface area contributed by atoms with Gasteiger partial charge in [0.25, 0.3) is 5.91 Å². The van der Waals surface area contributed by atoms with Crippen molar-refractivity contribution in [1.82, 2.24) is 14.5 Å². The van der Waals surface area contributed by atoms with Crippen LogP contribution in [0, 0.1) is 0 Å². The van der Waals surface area contributed by atoms with Crippen molar-refractivity contribution in [1.29, 1.82) is 0 Å². The molecule has 0 atom stereocenters. The van der Waals surface area contributed by atoms with Crippen LogP contribution < -0.4 is 9.80 Å². The number of imidazole rings is 1. The Labute approximate surface area is 194 Å². The van der Waals surface area contributed by atoms with Crippen LogP contribution in [-0.2, 0) is 16.1 Å². The smallest absolute Gasteiger partial charge is 0.260 e. The molecule has 1 aliphatic rings. The van der Waals surface area contributed by atoms with Crippen molar-refractivity contribution in [3.63, 3.8) is 0 Å². The van der Waals surface area contributed by atoms with E-state index in [2.05, 4.69) is 9.97 Å². The summed E-state index contributed by atoms with van der Waals surface area (Å²) in [4.78, 5) is 49.2. The summed E-state index contributed by atoms with van der Waals surface area (Å²) >= 11 is 1.48. The number of rotatable bonds is 7. The predicted octanol–water partition coefficient (Wildman–Crippen LogP) is 3.88. The molecule has 1 saturated heterocycles. The number of thiazole rings is 1. The van der Waals surface area contributed by atoms with Gasteiger partial charge < -0.3 is 4.57 Å². The number of fused-ring (bicyclic) bond motifs is 1. The normalized spacial score (nSPS) is 13.8. The number of nitrogens with zero attached hydrogens (tertiary/aromatic N) is 5. The van der Waals surface area contributed by atoms with Crippen LogP contribution in [0.1, 0.15) is 29.6 Å². The molecule has 2 aromatic carbocycles. The minimum Gasteiger partial charge on any atom is -0.337 e. The number of aromatic nitrogens is 3. The van der Waals surface area contributed by atoms with Crippen molar-refractivity contribution in [2.75, 3.05) is 16.3 Å². The highest BCUT2D eigenvalue weighted by Gasteiger charge is 2.30. The molecule has 0 spiro atoms. The van der Waals surface area contributed by atoms with Gasteiger partial charge in [0.15, 0.2) is 5.13 Å². The molecule has 0 aliphatic carbocycles. The Kier molecular flexibility index (Phi) is 5.70. The van der Waals surface area contributed by atoms with Gasteiger partial charge in [-0.3, -0.25) is 24.2 Å². The van der Waals surface area contributed by atoms with E-state index in [9.17, 15) is 14.4 Å². The number of benzene rings is 2. The average molecular weight is 460 g/mol. The van der Waals surface area contributed by atoms with E-state index in [1.165, 1.54) is 16.2 Å². The first-order chi connectivity index (χ1) is 16.1. The lowest BCUT2D eigenvalue weighted by molar-refractivity contribution is -0.121. The number of anilines is 2. The fraction of sp³-hybridized carbons (Fsp3) is 0.208. The van der Waals surface area contributed by atoms with Gasteiger partial charge in [-0.05, 0) is 42.8 Å². The van der Waals surface area contributed by atoms with E-state index in [0.717, 1.165) is 23.2 Å². The van der Waals surface area contributed by atoms with Crippen LogP contribution in [0.5, 0.6) is 0 Å². The molecule has 5 rings (SSSR count). The molecule has 4 aromatic rings. The number of aryl methyl sites for hydroxylation is 1.